The van der Waals surface area contributed by atoms with Gasteiger partial charge in [-0.1, -0.05) is 12.1 Å². The van der Waals surface area contributed by atoms with Crippen LogP contribution in [-0.2, 0) is 14.4 Å². The fraction of sp³-hybridized carbons (Fsp3) is 0.208. The van der Waals surface area contributed by atoms with Crippen LogP contribution < -0.4 is 10.6 Å². The van der Waals surface area contributed by atoms with Crippen molar-refractivity contribution >= 4 is 29.9 Å². The Kier molecular flexibility index (Phi) is 9.51. The molecular formula is C24H26N2O8. The number of carboxylic acid groups (broad SMARTS) is 1. The maximum atomic E-state index is 12.0. The first-order chi connectivity index (χ1) is 16.2. The zero-order chi connectivity index (χ0) is 25.1. The van der Waals surface area contributed by atoms with Crippen LogP contribution in [0.15, 0.2) is 48.6 Å². The lowest BCUT2D eigenvalue weighted by Gasteiger charge is -2.13. The second-order valence-corrected chi connectivity index (χ2v) is 7.35. The fourth-order valence-electron chi connectivity index (χ4n) is 2.85. The Labute approximate surface area is 195 Å². The first-order valence-corrected chi connectivity index (χ1v) is 10.4. The molecule has 0 saturated carbocycles. The molecule has 1 unspecified atom stereocenters. The van der Waals surface area contributed by atoms with Gasteiger partial charge in [0.2, 0.25) is 11.8 Å². The zero-order valence-corrected chi connectivity index (χ0v) is 18.1. The van der Waals surface area contributed by atoms with E-state index in [-0.39, 0.29) is 35.3 Å². The van der Waals surface area contributed by atoms with E-state index in [9.17, 15) is 39.9 Å². The Morgan fingerprint density at radius 2 is 1.29 bits per heavy atom. The first kappa shape index (κ1) is 25.8. The summed E-state index contributed by atoms with van der Waals surface area (Å²) in [6, 6.07) is 7.03. The minimum Gasteiger partial charge on any atom is -0.504 e. The first-order valence-electron chi connectivity index (χ1n) is 10.4. The molecule has 0 fully saturated rings. The summed E-state index contributed by atoms with van der Waals surface area (Å²) < 4.78 is 0. The van der Waals surface area contributed by atoms with Crippen LogP contribution in [0.5, 0.6) is 23.0 Å². The van der Waals surface area contributed by atoms with E-state index in [1.807, 2.05) is 0 Å². The zero-order valence-electron chi connectivity index (χ0n) is 18.1. The Morgan fingerprint density at radius 1 is 0.765 bits per heavy atom. The molecule has 34 heavy (non-hydrogen) atoms. The minimum atomic E-state index is -1.19. The van der Waals surface area contributed by atoms with Gasteiger partial charge in [-0.25, -0.2) is 4.79 Å². The number of hydrogen-bond acceptors (Lipinski definition) is 7. The van der Waals surface area contributed by atoms with E-state index in [4.69, 9.17) is 0 Å². The maximum absolute atomic E-state index is 12.0. The second-order valence-electron chi connectivity index (χ2n) is 7.35. The number of benzene rings is 2. The molecule has 0 heterocycles. The molecule has 0 aromatic heterocycles. The Bertz CT molecular complexity index is 1090. The molecule has 0 aliphatic carbocycles. The van der Waals surface area contributed by atoms with Gasteiger partial charge in [0, 0.05) is 18.7 Å². The molecule has 2 amide bonds. The van der Waals surface area contributed by atoms with Crippen molar-refractivity contribution in [3.8, 4) is 23.0 Å². The number of carboxylic acids is 1. The van der Waals surface area contributed by atoms with Gasteiger partial charge < -0.3 is 36.2 Å². The van der Waals surface area contributed by atoms with Crippen LogP contribution in [0.1, 0.15) is 30.4 Å². The highest BCUT2D eigenvalue weighted by Crippen LogP contribution is 2.26. The number of amides is 2. The number of phenols is 4. The molecule has 2 aromatic rings. The van der Waals surface area contributed by atoms with Crippen LogP contribution in [0, 0.1) is 0 Å². The van der Waals surface area contributed by atoms with Crippen LogP contribution in [0.4, 0.5) is 0 Å². The Balaban J connectivity index is 1.73. The number of aliphatic carboxylic acids is 1. The topological polar surface area (TPSA) is 176 Å². The summed E-state index contributed by atoms with van der Waals surface area (Å²) in [5, 5.41) is 51.8. The molecule has 2 rings (SSSR count). The van der Waals surface area contributed by atoms with Crippen LogP contribution in [-0.4, -0.2) is 55.9 Å². The highest BCUT2D eigenvalue weighted by atomic mass is 16.4. The van der Waals surface area contributed by atoms with Crippen LogP contribution in [0.25, 0.3) is 12.2 Å². The van der Waals surface area contributed by atoms with Gasteiger partial charge in [0.05, 0.1) is 0 Å². The summed E-state index contributed by atoms with van der Waals surface area (Å²) in [5.41, 5.74) is 0.978. The van der Waals surface area contributed by atoms with E-state index in [1.54, 1.807) is 0 Å². The number of carbonyl (C=O) groups is 3. The molecule has 1 atom stereocenters. The van der Waals surface area contributed by atoms with Crippen molar-refractivity contribution in [3.63, 3.8) is 0 Å². The molecule has 0 aliphatic heterocycles. The summed E-state index contributed by atoms with van der Waals surface area (Å²) >= 11 is 0. The number of nitrogens with one attached hydrogen (secondary N) is 2. The smallest absolute Gasteiger partial charge is 0.326 e. The molecule has 10 heteroatoms. The normalized spacial score (nSPS) is 12.0. The van der Waals surface area contributed by atoms with Crippen molar-refractivity contribution in [1.82, 2.24) is 10.6 Å². The van der Waals surface area contributed by atoms with Crippen molar-refractivity contribution in [3.05, 3.63) is 59.7 Å². The highest BCUT2D eigenvalue weighted by molar-refractivity contribution is 5.94. The minimum absolute atomic E-state index is 0.160. The van der Waals surface area contributed by atoms with Gasteiger partial charge in [0.15, 0.2) is 23.0 Å². The highest BCUT2D eigenvalue weighted by Gasteiger charge is 2.18. The van der Waals surface area contributed by atoms with Crippen molar-refractivity contribution in [1.29, 1.82) is 0 Å². The van der Waals surface area contributed by atoms with Crippen molar-refractivity contribution in [2.75, 3.05) is 6.54 Å². The van der Waals surface area contributed by atoms with E-state index in [0.717, 1.165) is 6.08 Å². The summed E-state index contributed by atoms with van der Waals surface area (Å²) in [4.78, 5) is 35.3. The number of phenolic OH excluding ortho intramolecular Hbond substituents is 4. The molecule has 0 saturated heterocycles. The molecule has 10 nitrogen and oxygen atoms in total. The summed E-state index contributed by atoms with van der Waals surface area (Å²) in [5.74, 6) is -3.37. The van der Waals surface area contributed by atoms with Crippen molar-refractivity contribution < 1.29 is 39.9 Å². The molecule has 0 aliphatic rings. The molecule has 0 radical (unpaired) electrons. The standard InChI is InChI=1S/C24H26N2O8/c27-18-8-4-15(13-20(18)29)6-10-22(31)25-12-2-1-3-17(24(33)34)26-23(32)11-7-16-5-9-19(28)21(30)14-16/h4-11,13-14,17,27-30H,1-3,12H2,(H,25,31)(H,26,32)(H,33,34)/b10-6+,11-7+. The van der Waals surface area contributed by atoms with Gasteiger partial charge in [-0.3, -0.25) is 9.59 Å². The molecule has 0 bridgehead atoms. The lowest BCUT2D eigenvalue weighted by Crippen LogP contribution is -2.40. The quantitative estimate of drug-likeness (QED) is 0.148. The molecule has 180 valence electrons. The maximum Gasteiger partial charge on any atom is 0.326 e. The Morgan fingerprint density at radius 3 is 1.79 bits per heavy atom. The summed E-state index contributed by atoms with van der Waals surface area (Å²) in [7, 11) is 0. The third kappa shape index (κ3) is 8.58. The van der Waals surface area contributed by atoms with Crippen LogP contribution in [0.3, 0.4) is 0 Å². The Hall–Kier alpha value is -4.47. The van der Waals surface area contributed by atoms with Gasteiger partial charge in [-0.2, -0.15) is 0 Å². The fourth-order valence-corrected chi connectivity index (χ4v) is 2.85. The predicted octanol–water partition coefficient (Wildman–Crippen LogP) is 2.09. The average Bonchev–Trinajstić information content (AvgIpc) is 2.79. The molecule has 0 spiro atoms. The van der Waals surface area contributed by atoms with E-state index in [2.05, 4.69) is 10.6 Å². The largest absolute Gasteiger partial charge is 0.504 e. The van der Waals surface area contributed by atoms with Crippen LogP contribution in [0.2, 0.25) is 0 Å². The monoisotopic (exact) mass is 470 g/mol. The second kappa shape index (κ2) is 12.5. The molecule has 7 N–H and O–H groups in total. The summed E-state index contributed by atoms with van der Waals surface area (Å²) in [6.07, 6.45) is 6.32. The van der Waals surface area contributed by atoms with E-state index >= 15 is 0 Å². The molecule has 2 aromatic carbocycles. The van der Waals surface area contributed by atoms with Gasteiger partial charge in [-0.05, 0) is 66.8 Å². The molecular weight excluding hydrogens is 444 g/mol. The van der Waals surface area contributed by atoms with E-state index < -0.39 is 17.9 Å². The lowest BCUT2D eigenvalue weighted by molar-refractivity contribution is -0.141. The van der Waals surface area contributed by atoms with Crippen molar-refractivity contribution in [2.24, 2.45) is 0 Å². The number of carbonyl (C=O) groups excluding carboxylic acids is 2. The average molecular weight is 470 g/mol. The SMILES string of the molecule is O=C(/C=C/c1ccc(O)c(O)c1)NCCCCC(NC(=O)/C=C/c1ccc(O)c(O)c1)C(=O)O. The number of aromatic hydroxyl groups is 4. The van der Waals surface area contributed by atoms with Gasteiger partial charge >= 0.3 is 5.97 Å². The van der Waals surface area contributed by atoms with E-state index in [1.165, 1.54) is 54.6 Å². The van der Waals surface area contributed by atoms with Crippen LogP contribution >= 0.6 is 0 Å². The lowest BCUT2D eigenvalue weighted by atomic mass is 10.1. The number of hydrogen-bond donors (Lipinski definition) is 7. The summed E-state index contributed by atoms with van der Waals surface area (Å²) in [6.45, 7) is 0.300. The third-order valence-electron chi connectivity index (χ3n) is 4.69. The van der Waals surface area contributed by atoms with Crippen molar-refractivity contribution in [2.45, 2.75) is 25.3 Å². The van der Waals surface area contributed by atoms with Gasteiger partial charge in [-0.15, -0.1) is 0 Å². The van der Waals surface area contributed by atoms with E-state index in [0.29, 0.717) is 30.5 Å². The van der Waals surface area contributed by atoms with Gasteiger partial charge in [0.1, 0.15) is 6.04 Å². The number of rotatable bonds is 11. The van der Waals surface area contributed by atoms with Gasteiger partial charge in [0.25, 0.3) is 0 Å². The number of unbranched alkanes of at least 4 members (excludes halogenated alkanes) is 1. The third-order valence-corrected chi connectivity index (χ3v) is 4.69. The predicted molar refractivity (Wildman–Crippen MR) is 124 cm³/mol.